The van der Waals surface area contributed by atoms with E-state index in [1.54, 1.807) is 67.6 Å². The van der Waals surface area contributed by atoms with Crippen LogP contribution in [0.3, 0.4) is 0 Å². The Labute approximate surface area is 228 Å². The van der Waals surface area contributed by atoms with E-state index in [4.69, 9.17) is 21.1 Å². The molecule has 0 aliphatic heterocycles. The Balaban J connectivity index is 1.76. The van der Waals surface area contributed by atoms with Crippen LogP contribution in [0.25, 0.3) is 0 Å². The topological polar surface area (TPSA) is 111 Å². The molecular formula is C25H24ClIN2O6S. The molecule has 3 aromatic carbocycles. The molecule has 0 heterocycles. The second-order valence-electron chi connectivity index (χ2n) is 7.54. The highest BCUT2D eigenvalue weighted by molar-refractivity contribution is 14.1. The van der Waals surface area contributed by atoms with Gasteiger partial charge < -0.3 is 14.8 Å². The van der Waals surface area contributed by atoms with Crippen molar-refractivity contribution in [2.75, 3.05) is 18.5 Å². The minimum absolute atomic E-state index is 0.0155. The molecule has 0 fully saturated rings. The zero-order valence-corrected chi connectivity index (χ0v) is 23.0. The van der Waals surface area contributed by atoms with Gasteiger partial charge in [0.1, 0.15) is 18.4 Å². The summed E-state index contributed by atoms with van der Waals surface area (Å²) >= 11 is 8.20. The van der Waals surface area contributed by atoms with Gasteiger partial charge in [-0.15, -0.1) is 0 Å². The second kappa shape index (κ2) is 13.0. The molecule has 36 heavy (non-hydrogen) atoms. The van der Waals surface area contributed by atoms with Gasteiger partial charge in [-0.1, -0.05) is 35.9 Å². The predicted molar refractivity (Wildman–Crippen MR) is 146 cm³/mol. The Morgan fingerprint density at radius 1 is 1.00 bits per heavy atom. The van der Waals surface area contributed by atoms with Crippen molar-refractivity contribution in [3.05, 3.63) is 87.0 Å². The molecule has 1 amide bonds. The summed E-state index contributed by atoms with van der Waals surface area (Å²) in [6.07, 6.45) is 0.103. The molecule has 11 heteroatoms. The predicted octanol–water partition coefficient (Wildman–Crippen LogP) is 4.41. The number of anilines is 1. The summed E-state index contributed by atoms with van der Waals surface area (Å²) in [6, 6.07) is 18.2. The first-order valence-corrected chi connectivity index (χ1v) is 13.8. The lowest BCUT2D eigenvalue weighted by atomic mass is 10.1. The van der Waals surface area contributed by atoms with Gasteiger partial charge in [-0.3, -0.25) is 9.59 Å². The number of ether oxygens (including phenoxy) is 2. The molecule has 3 aromatic rings. The van der Waals surface area contributed by atoms with E-state index in [-0.39, 0.29) is 23.9 Å². The summed E-state index contributed by atoms with van der Waals surface area (Å²) in [5.41, 5.74) is 1.13. The van der Waals surface area contributed by atoms with Crippen molar-refractivity contribution in [1.82, 2.24) is 4.72 Å². The van der Waals surface area contributed by atoms with Crippen molar-refractivity contribution in [1.29, 1.82) is 0 Å². The molecule has 0 bridgehead atoms. The van der Waals surface area contributed by atoms with Gasteiger partial charge in [-0.05, 0) is 83.6 Å². The average molecular weight is 643 g/mol. The summed E-state index contributed by atoms with van der Waals surface area (Å²) < 4.78 is 39.8. The third kappa shape index (κ3) is 8.19. The number of hydrogen-bond acceptors (Lipinski definition) is 6. The number of para-hydroxylation sites is 1. The van der Waals surface area contributed by atoms with Crippen LogP contribution in [-0.4, -0.2) is 39.5 Å². The fourth-order valence-corrected chi connectivity index (χ4v) is 4.81. The van der Waals surface area contributed by atoms with Crippen LogP contribution in [-0.2, 0) is 30.8 Å². The van der Waals surface area contributed by atoms with Crippen molar-refractivity contribution in [2.24, 2.45) is 0 Å². The highest BCUT2D eigenvalue weighted by Gasteiger charge is 2.27. The molecule has 2 N–H and O–H groups in total. The normalized spacial score (nSPS) is 12.0. The number of carbonyl (C=O) groups is 2. The largest absolute Gasteiger partial charge is 0.490 e. The van der Waals surface area contributed by atoms with Gasteiger partial charge in [-0.2, -0.15) is 4.72 Å². The lowest BCUT2D eigenvalue weighted by Crippen LogP contribution is -2.47. The Hall–Kier alpha value is -2.67. The molecular weight excluding hydrogens is 619 g/mol. The van der Waals surface area contributed by atoms with Gasteiger partial charge in [0, 0.05) is 9.26 Å². The van der Waals surface area contributed by atoms with Crippen molar-refractivity contribution in [3.8, 4) is 5.75 Å². The van der Waals surface area contributed by atoms with Crippen LogP contribution in [0.15, 0.2) is 77.7 Å². The summed E-state index contributed by atoms with van der Waals surface area (Å²) in [7, 11) is -4.03. The van der Waals surface area contributed by atoms with E-state index >= 15 is 0 Å². The maximum absolute atomic E-state index is 13.1. The van der Waals surface area contributed by atoms with Crippen LogP contribution in [0, 0.1) is 3.57 Å². The van der Waals surface area contributed by atoms with Crippen molar-refractivity contribution in [3.63, 3.8) is 0 Å². The zero-order valence-electron chi connectivity index (χ0n) is 19.2. The van der Waals surface area contributed by atoms with Crippen LogP contribution >= 0.6 is 34.2 Å². The summed E-state index contributed by atoms with van der Waals surface area (Å²) in [5, 5.41) is 3.01. The van der Waals surface area contributed by atoms with Gasteiger partial charge in [0.15, 0.2) is 0 Å². The summed E-state index contributed by atoms with van der Waals surface area (Å²) in [6.45, 7) is 1.72. The quantitative estimate of drug-likeness (QED) is 0.237. The summed E-state index contributed by atoms with van der Waals surface area (Å²) in [5.74, 6) is -0.667. The van der Waals surface area contributed by atoms with Crippen LogP contribution < -0.4 is 14.8 Å². The standard InChI is InChI=1S/C25H24ClIN2O6S/c1-2-34-24(30)15-17-7-11-19(12-8-17)28-25(31)22(16-35-23-6-4-3-5-21(23)26)29-36(32,33)20-13-9-18(27)10-14-20/h3-14,22,29H,2,15-16H2,1H3,(H,28,31). The van der Waals surface area contributed by atoms with E-state index in [0.717, 1.165) is 3.57 Å². The smallest absolute Gasteiger partial charge is 0.310 e. The maximum Gasteiger partial charge on any atom is 0.310 e. The van der Waals surface area contributed by atoms with E-state index in [9.17, 15) is 18.0 Å². The minimum Gasteiger partial charge on any atom is -0.490 e. The van der Waals surface area contributed by atoms with Crippen molar-refractivity contribution >= 4 is 61.8 Å². The molecule has 0 radical (unpaired) electrons. The highest BCUT2D eigenvalue weighted by Crippen LogP contribution is 2.23. The average Bonchev–Trinajstić information content (AvgIpc) is 2.84. The molecule has 1 unspecified atom stereocenters. The number of carbonyl (C=O) groups excluding carboxylic acids is 2. The number of benzene rings is 3. The molecule has 0 saturated carbocycles. The van der Waals surface area contributed by atoms with E-state index in [1.165, 1.54) is 12.1 Å². The molecule has 0 aromatic heterocycles. The van der Waals surface area contributed by atoms with Gasteiger partial charge in [0.25, 0.3) is 0 Å². The first kappa shape index (κ1) is 27.9. The number of esters is 1. The third-order valence-electron chi connectivity index (χ3n) is 4.86. The van der Waals surface area contributed by atoms with Crippen LogP contribution in [0.4, 0.5) is 5.69 Å². The Bertz CT molecular complexity index is 1300. The molecule has 8 nitrogen and oxygen atoms in total. The minimum atomic E-state index is -4.03. The number of nitrogens with one attached hydrogen (secondary N) is 2. The maximum atomic E-state index is 13.1. The van der Waals surface area contributed by atoms with E-state index in [2.05, 4.69) is 32.6 Å². The molecule has 1 atom stereocenters. The molecule has 0 aliphatic carbocycles. The first-order valence-electron chi connectivity index (χ1n) is 10.9. The summed E-state index contributed by atoms with van der Waals surface area (Å²) in [4.78, 5) is 24.8. The second-order valence-corrected chi connectivity index (χ2v) is 10.9. The fraction of sp³-hybridized carbons (Fsp3) is 0.200. The molecule has 0 saturated heterocycles. The Kier molecular flexibility index (Phi) is 10.1. The van der Waals surface area contributed by atoms with Gasteiger partial charge in [0.05, 0.1) is 22.9 Å². The van der Waals surface area contributed by atoms with E-state index in [0.29, 0.717) is 28.6 Å². The monoisotopic (exact) mass is 642 g/mol. The third-order valence-corrected chi connectivity index (χ3v) is 7.37. The molecule has 3 rings (SSSR count). The van der Waals surface area contributed by atoms with Crippen LogP contribution in [0.1, 0.15) is 12.5 Å². The lowest BCUT2D eigenvalue weighted by molar-refractivity contribution is -0.142. The number of amides is 1. The number of halogens is 2. The van der Waals surface area contributed by atoms with Gasteiger partial charge in [-0.25, -0.2) is 8.42 Å². The molecule has 0 spiro atoms. The SMILES string of the molecule is CCOC(=O)Cc1ccc(NC(=O)C(COc2ccccc2Cl)NS(=O)(=O)c2ccc(I)cc2)cc1. The number of hydrogen-bond donors (Lipinski definition) is 2. The number of sulfonamides is 1. The molecule has 0 aliphatic rings. The number of rotatable bonds is 11. The molecule has 190 valence electrons. The Morgan fingerprint density at radius 2 is 1.67 bits per heavy atom. The fourth-order valence-electron chi connectivity index (χ4n) is 3.08. The van der Waals surface area contributed by atoms with Crippen molar-refractivity contribution in [2.45, 2.75) is 24.3 Å². The Morgan fingerprint density at radius 3 is 2.31 bits per heavy atom. The van der Waals surface area contributed by atoms with Crippen LogP contribution in [0.5, 0.6) is 5.75 Å². The van der Waals surface area contributed by atoms with Gasteiger partial charge in [0.2, 0.25) is 15.9 Å². The van der Waals surface area contributed by atoms with Crippen LogP contribution in [0.2, 0.25) is 5.02 Å². The van der Waals surface area contributed by atoms with E-state index in [1.807, 2.05) is 0 Å². The highest BCUT2D eigenvalue weighted by atomic mass is 127. The van der Waals surface area contributed by atoms with Gasteiger partial charge >= 0.3 is 5.97 Å². The van der Waals surface area contributed by atoms with Crippen molar-refractivity contribution < 1.29 is 27.5 Å². The zero-order chi connectivity index (χ0) is 26.1. The first-order chi connectivity index (χ1) is 17.2. The lowest BCUT2D eigenvalue weighted by Gasteiger charge is -2.20. The van der Waals surface area contributed by atoms with E-state index < -0.39 is 22.0 Å².